The summed E-state index contributed by atoms with van der Waals surface area (Å²) in [5, 5.41) is 0.678. The molecule has 1 aromatic carbocycles. The third kappa shape index (κ3) is 1.85. The molecule has 1 aliphatic rings. The van der Waals surface area contributed by atoms with E-state index in [9.17, 15) is 4.79 Å². The molecular weight excluding hydrogens is 348 g/mol. The van der Waals surface area contributed by atoms with E-state index in [1.54, 1.807) is 0 Å². The summed E-state index contributed by atoms with van der Waals surface area (Å²) < 4.78 is 3.57. The van der Waals surface area contributed by atoms with Crippen molar-refractivity contribution in [1.29, 1.82) is 0 Å². The van der Waals surface area contributed by atoms with Crippen LogP contribution in [0.2, 0.25) is 0 Å². The third-order valence-electron chi connectivity index (χ3n) is 3.09. The van der Waals surface area contributed by atoms with Gasteiger partial charge in [0, 0.05) is 21.9 Å². The van der Waals surface area contributed by atoms with Crippen molar-refractivity contribution in [3.05, 3.63) is 37.3 Å². The lowest BCUT2D eigenvalue weighted by Gasteiger charge is -2.18. The molecular formula is C12H10Br2N2O. The largest absolute Gasteiger partial charge is 0.296 e. The molecule has 0 unspecified atom stereocenters. The molecule has 0 amide bonds. The van der Waals surface area contributed by atoms with Gasteiger partial charge in [0.25, 0.3) is 5.56 Å². The van der Waals surface area contributed by atoms with Gasteiger partial charge in [0.2, 0.25) is 0 Å². The van der Waals surface area contributed by atoms with E-state index < -0.39 is 0 Å². The minimum atomic E-state index is 0.0756. The zero-order valence-electron chi connectivity index (χ0n) is 9.04. The van der Waals surface area contributed by atoms with E-state index in [1.165, 1.54) is 0 Å². The standard InChI is InChI=1S/C12H10Br2N2O/c13-7-5-8-11(9(14)6-7)15-10-3-1-2-4-16(10)12(8)17/h5-6H,1-4H2. The first-order chi connectivity index (χ1) is 8.16. The van der Waals surface area contributed by atoms with E-state index in [2.05, 4.69) is 36.8 Å². The summed E-state index contributed by atoms with van der Waals surface area (Å²) in [6.07, 6.45) is 3.08. The van der Waals surface area contributed by atoms with Crippen LogP contribution in [0, 0.1) is 0 Å². The Balaban J connectivity index is 2.44. The molecule has 3 nitrogen and oxygen atoms in total. The number of benzene rings is 1. The van der Waals surface area contributed by atoms with E-state index >= 15 is 0 Å². The lowest BCUT2D eigenvalue weighted by molar-refractivity contribution is 0.501. The van der Waals surface area contributed by atoms with E-state index in [0.29, 0.717) is 5.39 Å². The quantitative estimate of drug-likeness (QED) is 0.725. The molecule has 1 aliphatic heterocycles. The minimum Gasteiger partial charge on any atom is -0.296 e. The van der Waals surface area contributed by atoms with Gasteiger partial charge in [-0.3, -0.25) is 9.36 Å². The SMILES string of the molecule is O=c1c2cc(Br)cc(Br)c2nc2n1CCCC2. The molecule has 0 atom stereocenters. The second-order valence-corrected chi connectivity index (χ2v) is 6.00. The Morgan fingerprint density at radius 2 is 2.06 bits per heavy atom. The van der Waals surface area contributed by atoms with Gasteiger partial charge in [0.05, 0.1) is 10.9 Å². The van der Waals surface area contributed by atoms with Crippen molar-refractivity contribution in [2.75, 3.05) is 0 Å². The average molecular weight is 358 g/mol. The van der Waals surface area contributed by atoms with Crippen LogP contribution < -0.4 is 5.56 Å². The van der Waals surface area contributed by atoms with Gasteiger partial charge in [-0.25, -0.2) is 4.98 Å². The summed E-state index contributed by atoms with van der Waals surface area (Å²) in [7, 11) is 0. The Bertz CT molecular complexity index is 664. The first-order valence-electron chi connectivity index (χ1n) is 5.55. The van der Waals surface area contributed by atoms with E-state index in [-0.39, 0.29) is 5.56 Å². The fourth-order valence-corrected chi connectivity index (χ4v) is 3.58. The van der Waals surface area contributed by atoms with E-state index in [1.807, 2.05) is 16.7 Å². The summed E-state index contributed by atoms with van der Waals surface area (Å²) in [6, 6.07) is 3.77. The molecule has 0 bridgehead atoms. The zero-order chi connectivity index (χ0) is 12.0. The smallest absolute Gasteiger partial charge is 0.261 e. The number of hydrogen-bond donors (Lipinski definition) is 0. The maximum atomic E-state index is 12.4. The van der Waals surface area contributed by atoms with Crippen LogP contribution in [0.5, 0.6) is 0 Å². The van der Waals surface area contributed by atoms with Crippen molar-refractivity contribution in [3.8, 4) is 0 Å². The molecule has 3 rings (SSSR count). The maximum absolute atomic E-state index is 12.4. The molecule has 0 spiro atoms. The number of hydrogen-bond acceptors (Lipinski definition) is 2. The second-order valence-electron chi connectivity index (χ2n) is 4.23. The van der Waals surface area contributed by atoms with Crippen molar-refractivity contribution in [3.63, 3.8) is 0 Å². The second kappa shape index (κ2) is 4.21. The third-order valence-corrected chi connectivity index (χ3v) is 4.15. The summed E-state index contributed by atoms with van der Waals surface area (Å²) in [5.74, 6) is 0.914. The number of aromatic nitrogens is 2. The maximum Gasteiger partial charge on any atom is 0.261 e. The van der Waals surface area contributed by atoms with E-state index in [4.69, 9.17) is 0 Å². The molecule has 17 heavy (non-hydrogen) atoms. The fourth-order valence-electron chi connectivity index (χ4n) is 2.27. The Kier molecular flexibility index (Phi) is 2.83. The Morgan fingerprint density at radius 3 is 2.88 bits per heavy atom. The van der Waals surface area contributed by atoms with Gasteiger partial charge in [-0.1, -0.05) is 15.9 Å². The van der Waals surface area contributed by atoms with E-state index in [0.717, 1.165) is 46.1 Å². The number of rotatable bonds is 0. The first kappa shape index (κ1) is 11.4. The average Bonchev–Trinajstić information content (AvgIpc) is 2.31. The lowest BCUT2D eigenvalue weighted by Crippen LogP contribution is -2.28. The predicted octanol–water partition coefficient (Wildman–Crippen LogP) is 3.26. The number of aryl methyl sites for hydroxylation is 1. The van der Waals surface area contributed by atoms with Crippen LogP contribution in [0.1, 0.15) is 18.7 Å². The molecule has 0 radical (unpaired) electrons. The van der Waals surface area contributed by atoms with Gasteiger partial charge in [0.15, 0.2) is 0 Å². The Hall–Kier alpha value is -0.680. The summed E-state index contributed by atoms with van der Waals surface area (Å²) in [5.41, 5.74) is 0.845. The highest BCUT2D eigenvalue weighted by atomic mass is 79.9. The van der Waals surface area contributed by atoms with Gasteiger partial charge in [-0.05, 0) is 40.9 Å². The Labute approximate surface area is 115 Å². The molecule has 0 saturated heterocycles. The molecule has 0 saturated carbocycles. The lowest BCUT2D eigenvalue weighted by atomic mass is 10.1. The molecule has 0 fully saturated rings. The summed E-state index contributed by atoms with van der Waals surface area (Å²) in [6.45, 7) is 0.793. The number of fused-ring (bicyclic) bond motifs is 2. The first-order valence-corrected chi connectivity index (χ1v) is 7.14. The van der Waals surface area contributed by atoms with Crippen molar-refractivity contribution >= 4 is 42.8 Å². The highest BCUT2D eigenvalue weighted by molar-refractivity contribution is 9.11. The molecule has 0 N–H and O–H groups in total. The minimum absolute atomic E-state index is 0.0756. The highest BCUT2D eigenvalue weighted by Gasteiger charge is 2.16. The van der Waals surface area contributed by atoms with Crippen molar-refractivity contribution in [2.24, 2.45) is 0 Å². The van der Waals surface area contributed by atoms with Crippen LogP contribution >= 0.6 is 31.9 Å². The van der Waals surface area contributed by atoms with Crippen molar-refractivity contribution in [2.45, 2.75) is 25.8 Å². The van der Waals surface area contributed by atoms with Crippen molar-refractivity contribution in [1.82, 2.24) is 9.55 Å². The molecule has 2 heterocycles. The van der Waals surface area contributed by atoms with Gasteiger partial charge in [0.1, 0.15) is 5.82 Å². The van der Waals surface area contributed by atoms with Crippen LogP contribution in [-0.4, -0.2) is 9.55 Å². The number of halogens is 2. The molecule has 88 valence electrons. The molecule has 2 aromatic rings. The summed E-state index contributed by atoms with van der Waals surface area (Å²) >= 11 is 6.88. The van der Waals surface area contributed by atoms with Gasteiger partial charge < -0.3 is 0 Å². The van der Waals surface area contributed by atoms with Gasteiger partial charge >= 0.3 is 0 Å². The van der Waals surface area contributed by atoms with Gasteiger partial charge in [-0.2, -0.15) is 0 Å². The van der Waals surface area contributed by atoms with Gasteiger partial charge in [-0.15, -0.1) is 0 Å². The van der Waals surface area contributed by atoms with Crippen LogP contribution in [0.25, 0.3) is 10.9 Å². The number of nitrogens with zero attached hydrogens (tertiary/aromatic N) is 2. The predicted molar refractivity (Wildman–Crippen MR) is 74.3 cm³/mol. The monoisotopic (exact) mass is 356 g/mol. The Morgan fingerprint density at radius 1 is 1.24 bits per heavy atom. The van der Waals surface area contributed by atoms with Crippen LogP contribution in [-0.2, 0) is 13.0 Å². The normalized spacial score (nSPS) is 14.9. The van der Waals surface area contributed by atoms with Crippen molar-refractivity contribution < 1.29 is 0 Å². The van der Waals surface area contributed by atoms with Crippen LogP contribution in [0.3, 0.4) is 0 Å². The topological polar surface area (TPSA) is 34.9 Å². The molecule has 5 heteroatoms. The molecule has 1 aromatic heterocycles. The molecule has 0 aliphatic carbocycles. The fraction of sp³-hybridized carbons (Fsp3) is 0.333. The van der Waals surface area contributed by atoms with Crippen LogP contribution in [0.4, 0.5) is 0 Å². The van der Waals surface area contributed by atoms with Crippen LogP contribution in [0.15, 0.2) is 25.9 Å². The highest BCUT2D eigenvalue weighted by Crippen LogP contribution is 2.26. The summed E-state index contributed by atoms with van der Waals surface area (Å²) in [4.78, 5) is 17.0. The zero-order valence-corrected chi connectivity index (χ0v) is 12.2.